The smallest absolute Gasteiger partial charge is 0.130 e. The molecule has 0 fully saturated rings. The van der Waals surface area contributed by atoms with Crippen molar-refractivity contribution in [3.05, 3.63) is 34.4 Å². The second-order valence-electron chi connectivity index (χ2n) is 1.86. The Labute approximate surface area is 57.7 Å². The minimum atomic E-state index is 0.192. The van der Waals surface area contributed by atoms with Crippen molar-refractivity contribution in [1.82, 2.24) is 0 Å². The summed E-state index contributed by atoms with van der Waals surface area (Å²) in [6.45, 7) is 0. The Morgan fingerprint density at radius 3 is 2.90 bits per heavy atom. The van der Waals surface area contributed by atoms with Gasteiger partial charge in [-0.2, -0.15) is 0 Å². The Hall–Kier alpha value is -1.47. The van der Waals surface area contributed by atoms with Gasteiger partial charge in [-0.3, -0.25) is 0 Å². The lowest BCUT2D eigenvalue weighted by Gasteiger charge is -1.99. The van der Waals surface area contributed by atoms with E-state index >= 15 is 0 Å². The lowest BCUT2D eigenvalue weighted by Crippen LogP contribution is -1.89. The van der Waals surface area contributed by atoms with Crippen molar-refractivity contribution >= 4 is 5.94 Å². The molecule has 0 spiro atoms. The molecule has 0 aromatic heterocycles. The van der Waals surface area contributed by atoms with E-state index in [2.05, 4.69) is 5.18 Å². The third-order valence-electron chi connectivity index (χ3n) is 1.24. The monoisotopic (exact) mass is 135 g/mol. The van der Waals surface area contributed by atoms with E-state index in [1.807, 2.05) is 0 Å². The van der Waals surface area contributed by atoms with Gasteiger partial charge in [-0.25, -0.2) is 4.79 Å². The van der Waals surface area contributed by atoms with E-state index in [1.54, 1.807) is 18.1 Å². The van der Waals surface area contributed by atoms with Gasteiger partial charge in [0, 0.05) is 6.42 Å². The van der Waals surface area contributed by atoms with Gasteiger partial charge in [0.05, 0.1) is 5.57 Å². The molecule has 0 aromatic rings. The molecule has 1 rings (SSSR count). The highest BCUT2D eigenvalue weighted by Crippen LogP contribution is 2.16. The molecule has 0 N–H and O–H groups in total. The molecule has 3 heteroatoms. The highest BCUT2D eigenvalue weighted by atomic mass is 16.3. The molecule has 0 saturated heterocycles. The van der Waals surface area contributed by atoms with E-state index in [1.165, 1.54) is 6.08 Å². The Bertz CT molecular complexity index is 257. The van der Waals surface area contributed by atoms with Crippen LogP contribution in [0.25, 0.3) is 0 Å². The van der Waals surface area contributed by atoms with Gasteiger partial charge in [0.25, 0.3) is 0 Å². The Morgan fingerprint density at radius 2 is 2.40 bits per heavy atom. The van der Waals surface area contributed by atoms with Crippen LogP contribution < -0.4 is 0 Å². The molecule has 1 aliphatic rings. The largest absolute Gasteiger partial charge is 0.233 e. The summed E-state index contributed by atoms with van der Waals surface area (Å²) in [5.41, 5.74) is 0.523. The molecular weight excluding hydrogens is 130 g/mol. The first kappa shape index (κ1) is 6.65. The SMILES string of the molecule is O=C=C1CC=CC=C1N=O. The quantitative estimate of drug-likeness (QED) is 0.402. The van der Waals surface area contributed by atoms with Crippen LogP contribution >= 0.6 is 0 Å². The Morgan fingerprint density at radius 1 is 1.60 bits per heavy atom. The molecule has 0 bridgehead atoms. The van der Waals surface area contributed by atoms with Crippen LogP contribution in [0.2, 0.25) is 0 Å². The first-order chi connectivity index (χ1) is 4.88. The number of allylic oxidation sites excluding steroid dienone is 4. The van der Waals surface area contributed by atoms with Gasteiger partial charge >= 0.3 is 0 Å². The topological polar surface area (TPSA) is 46.5 Å². The molecule has 10 heavy (non-hydrogen) atoms. The first-order valence-corrected chi connectivity index (χ1v) is 2.83. The number of rotatable bonds is 1. The second kappa shape index (κ2) is 2.90. The van der Waals surface area contributed by atoms with Crippen LogP contribution in [0.4, 0.5) is 0 Å². The molecule has 1 aliphatic carbocycles. The molecule has 0 saturated carbocycles. The summed E-state index contributed by atoms with van der Waals surface area (Å²) in [5, 5.41) is 2.66. The van der Waals surface area contributed by atoms with Crippen LogP contribution in [0.1, 0.15) is 6.42 Å². The number of carbonyl (C=O) groups excluding carboxylic acids is 1. The maximum atomic E-state index is 10.1. The third kappa shape index (κ3) is 1.09. The van der Waals surface area contributed by atoms with Crippen molar-refractivity contribution in [1.29, 1.82) is 0 Å². The van der Waals surface area contributed by atoms with E-state index in [-0.39, 0.29) is 5.70 Å². The van der Waals surface area contributed by atoms with Gasteiger partial charge < -0.3 is 0 Å². The highest BCUT2D eigenvalue weighted by Gasteiger charge is 2.06. The summed E-state index contributed by atoms with van der Waals surface area (Å²) in [6.07, 6.45) is 5.42. The fourth-order valence-electron chi connectivity index (χ4n) is 0.730. The summed E-state index contributed by atoms with van der Waals surface area (Å²) in [4.78, 5) is 20.1. The van der Waals surface area contributed by atoms with Gasteiger partial charge in [0.2, 0.25) is 0 Å². The predicted octanol–water partition coefficient (Wildman–Crippen LogP) is 1.35. The van der Waals surface area contributed by atoms with Gasteiger partial charge in [0.1, 0.15) is 11.6 Å². The Balaban J connectivity index is 3.02. The molecule has 0 aliphatic heterocycles. The van der Waals surface area contributed by atoms with Gasteiger partial charge in [0.15, 0.2) is 0 Å². The van der Waals surface area contributed by atoms with Crippen molar-refractivity contribution in [3.8, 4) is 0 Å². The molecule has 0 unspecified atom stereocenters. The maximum Gasteiger partial charge on any atom is 0.130 e. The highest BCUT2D eigenvalue weighted by molar-refractivity contribution is 5.62. The summed E-state index contributed by atoms with van der Waals surface area (Å²) in [7, 11) is 0. The van der Waals surface area contributed by atoms with Gasteiger partial charge in [-0.05, 0) is 11.3 Å². The molecule has 50 valence electrons. The van der Waals surface area contributed by atoms with E-state index in [9.17, 15) is 9.70 Å². The predicted molar refractivity (Wildman–Crippen MR) is 36.8 cm³/mol. The fourth-order valence-corrected chi connectivity index (χ4v) is 0.730. The minimum absolute atomic E-state index is 0.192. The average molecular weight is 135 g/mol. The minimum Gasteiger partial charge on any atom is -0.233 e. The summed E-state index contributed by atoms with van der Waals surface area (Å²) in [5.74, 6) is 1.66. The molecule has 0 atom stereocenters. The van der Waals surface area contributed by atoms with Crippen LogP contribution in [0.5, 0.6) is 0 Å². The van der Waals surface area contributed by atoms with Gasteiger partial charge in [-0.1, -0.05) is 12.2 Å². The lowest BCUT2D eigenvalue weighted by atomic mass is 10.1. The zero-order chi connectivity index (χ0) is 7.40. The van der Waals surface area contributed by atoms with Crippen LogP contribution in [-0.4, -0.2) is 5.94 Å². The number of nitrogens with zero attached hydrogens (tertiary/aromatic N) is 1. The van der Waals surface area contributed by atoms with Crippen LogP contribution in [-0.2, 0) is 4.79 Å². The maximum absolute atomic E-state index is 10.1. The molecule has 3 nitrogen and oxygen atoms in total. The fraction of sp³-hybridized carbons (Fsp3) is 0.143. The molecule has 0 heterocycles. The van der Waals surface area contributed by atoms with Crippen molar-refractivity contribution in [3.63, 3.8) is 0 Å². The van der Waals surface area contributed by atoms with Crippen LogP contribution in [0.3, 0.4) is 0 Å². The average Bonchev–Trinajstić information content (AvgIpc) is 2.04. The normalized spacial score (nSPS) is 16.0. The van der Waals surface area contributed by atoms with Crippen molar-refractivity contribution < 1.29 is 4.79 Å². The van der Waals surface area contributed by atoms with Crippen LogP contribution in [0.15, 0.2) is 34.7 Å². The third-order valence-corrected chi connectivity index (χ3v) is 1.24. The molecular formula is C7H5NO2. The molecule has 0 amide bonds. The zero-order valence-electron chi connectivity index (χ0n) is 5.20. The second-order valence-corrected chi connectivity index (χ2v) is 1.86. The molecule has 0 aromatic carbocycles. The zero-order valence-corrected chi connectivity index (χ0v) is 5.20. The summed E-state index contributed by atoms with van der Waals surface area (Å²) < 4.78 is 0. The Kier molecular flexibility index (Phi) is 1.92. The van der Waals surface area contributed by atoms with E-state index < -0.39 is 0 Å². The lowest BCUT2D eigenvalue weighted by molar-refractivity contribution is 0.567. The van der Waals surface area contributed by atoms with Crippen molar-refractivity contribution in [2.75, 3.05) is 0 Å². The van der Waals surface area contributed by atoms with E-state index in [4.69, 9.17) is 0 Å². The standard InChI is InChI=1S/C7H5NO2/c9-5-6-3-1-2-4-7(6)8-10/h1-2,4H,3H2. The van der Waals surface area contributed by atoms with E-state index in [0.717, 1.165) is 0 Å². The van der Waals surface area contributed by atoms with E-state index in [0.29, 0.717) is 12.0 Å². The number of hydrogen-bond donors (Lipinski definition) is 0. The summed E-state index contributed by atoms with van der Waals surface area (Å²) in [6, 6.07) is 0. The van der Waals surface area contributed by atoms with Crippen LogP contribution in [0, 0.1) is 4.91 Å². The first-order valence-electron chi connectivity index (χ1n) is 2.83. The van der Waals surface area contributed by atoms with Crippen molar-refractivity contribution in [2.24, 2.45) is 5.18 Å². The van der Waals surface area contributed by atoms with Crippen molar-refractivity contribution in [2.45, 2.75) is 6.42 Å². The number of nitroso groups, excluding NO2 is 1. The molecule has 0 radical (unpaired) electrons. The van der Waals surface area contributed by atoms with Gasteiger partial charge in [-0.15, -0.1) is 4.91 Å². The number of hydrogen-bond acceptors (Lipinski definition) is 3. The summed E-state index contributed by atoms with van der Waals surface area (Å²) >= 11 is 0.